The summed E-state index contributed by atoms with van der Waals surface area (Å²) in [5, 5.41) is 3.30. The highest BCUT2D eigenvalue weighted by Crippen LogP contribution is 2.13. The minimum absolute atomic E-state index is 0.0920. The molecule has 4 nitrogen and oxygen atoms in total. The van der Waals surface area contributed by atoms with Gasteiger partial charge in [0.25, 0.3) is 0 Å². The maximum absolute atomic E-state index is 6.17. The van der Waals surface area contributed by atoms with E-state index in [1.807, 2.05) is 12.1 Å². The number of aromatic nitrogens is 3. The first kappa shape index (κ1) is 12.0. The lowest BCUT2D eigenvalue weighted by Gasteiger charge is -2.14. The number of hydrogen-bond donors (Lipinski definition) is 1. The Balaban J connectivity index is 2.09. The molecule has 2 aromatic rings. The summed E-state index contributed by atoms with van der Waals surface area (Å²) in [4.78, 5) is 12.7. The molecule has 2 aromatic heterocycles. The van der Waals surface area contributed by atoms with Crippen molar-refractivity contribution in [3.05, 3.63) is 24.5 Å². The van der Waals surface area contributed by atoms with Crippen molar-refractivity contribution in [2.24, 2.45) is 5.92 Å². The van der Waals surface area contributed by atoms with Gasteiger partial charge in [0.05, 0.1) is 5.38 Å². The van der Waals surface area contributed by atoms with Crippen LogP contribution in [0.1, 0.15) is 13.8 Å². The van der Waals surface area contributed by atoms with E-state index < -0.39 is 0 Å². The van der Waals surface area contributed by atoms with E-state index in [-0.39, 0.29) is 5.38 Å². The smallest absolute Gasteiger partial charge is 0.180 e. The van der Waals surface area contributed by atoms with E-state index in [9.17, 15) is 0 Å². The number of anilines is 1. The monoisotopic (exact) mass is 250 g/mol. The van der Waals surface area contributed by atoms with Crippen LogP contribution in [0.15, 0.2) is 24.5 Å². The fourth-order valence-corrected chi connectivity index (χ4v) is 1.47. The molecule has 5 heteroatoms. The van der Waals surface area contributed by atoms with E-state index in [0.29, 0.717) is 18.1 Å². The molecule has 0 aliphatic rings. The van der Waals surface area contributed by atoms with Gasteiger partial charge in [0.15, 0.2) is 5.65 Å². The molecule has 0 aliphatic heterocycles. The van der Waals surface area contributed by atoms with Gasteiger partial charge in [0.1, 0.15) is 11.3 Å². The Hall–Kier alpha value is -1.42. The van der Waals surface area contributed by atoms with Crippen LogP contribution >= 0.6 is 11.6 Å². The van der Waals surface area contributed by atoms with E-state index in [1.54, 1.807) is 12.4 Å². The van der Waals surface area contributed by atoms with Crippen molar-refractivity contribution < 1.29 is 0 Å². The molecule has 2 rings (SSSR count). The average molecular weight is 251 g/mol. The molecular formula is C12H15ClN4. The third-order valence-corrected chi connectivity index (χ3v) is 3.19. The van der Waals surface area contributed by atoms with Gasteiger partial charge in [-0.3, -0.25) is 4.98 Å². The van der Waals surface area contributed by atoms with Crippen LogP contribution in [0, 0.1) is 5.92 Å². The summed E-state index contributed by atoms with van der Waals surface area (Å²) in [6.45, 7) is 4.88. The van der Waals surface area contributed by atoms with Crippen LogP contribution in [0.4, 0.5) is 5.82 Å². The molecular weight excluding hydrogens is 236 g/mol. The van der Waals surface area contributed by atoms with Gasteiger partial charge < -0.3 is 5.32 Å². The van der Waals surface area contributed by atoms with Crippen LogP contribution in [0.3, 0.4) is 0 Å². The predicted octanol–water partition coefficient (Wildman–Crippen LogP) is 2.70. The van der Waals surface area contributed by atoms with Crippen molar-refractivity contribution in [2.75, 3.05) is 11.9 Å². The Morgan fingerprint density at radius 1 is 1.24 bits per heavy atom. The number of pyridine rings is 1. The second kappa shape index (κ2) is 5.27. The van der Waals surface area contributed by atoms with Crippen LogP contribution in [0.5, 0.6) is 0 Å². The summed E-state index contributed by atoms with van der Waals surface area (Å²) >= 11 is 6.17. The Morgan fingerprint density at radius 3 is 2.76 bits per heavy atom. The lowest BCUT2D eigenvalue weighted by molar-refractivity contribution is 0.616. The molecule has 1 unspecified atom stereocenters. The molecule has 0 spiro atoms. The van der Waals surface area contributed by atoms with Gasteiger partial charge >= 0.3 is 0 Å². The van der Waals surface area contributed by atoms with Gasteiger partial charge in [0.2, 0.25) is 0 Å². The zero-order chi connectivity index (χ0) is 12.3. The van der Waals surface area contributed by atoms with Gasteiger partial charge in [-0.05, 0) is 18.1 Å². The summed E-state index contributed by atoms with van der Waals surface area (Å²) in [6, 6.07) is 3.79. The SMILES string of the molecule is CC(C)C(Cl)CNc1ccc2nccnc2n1. The lowest BCUT2D eigenvalue weighted by Crippen LogP contribution is -2.20. The Morgan fingerprint density at radius 2 is 2.00 bits per heavy atom. The van der Waals surface area contributed by atoms with Crippen molar-refractivity contribution >= 4 is 28.6 Å². The third kappa shape index (κ3) is 3.03. The largest absolute Gasteiger partial charge is 0.369 e. The molecule has 2 heterocycles. The second-order valence-electron chi connectivity index (χ2n) is 4.24. The molecule has 0 saturated heterocycles. The molecule has 17 heavy (non-hydrogen) atoms. The highest BCUT2D eigenvalue weighted by Gasteiger charge is 2.09. The normalized spacial score (nSPS) is 12.9. The van der Waals surface area contributed by atoms with E-state index in [0.717, 1.165) is 11.3 Å². The summed E-state index contributed by atoms with van der Waals surface area (Å²) < 4.78 is 0. The number of nitrogens with zero attached hydrogens (tertiary/aromatic N) is 3. The topological polar surface area (TPSA) is 50.7 Å². The van der Waals surface area contributed by atoms with Crippen molar-refractivity contribution in [3.63, 3.8) is 0 Å². The Labute approximate surface area is 105 Å². The Bertz CT molecular complexity index is 501. The van der Waals surface area contributed by atoms with E-state index in [1.165, 1.54) is 0 Å². The first-order valence-electron chi connectivity index (χ1n) is 5.62. The van der Waals surface area contributed by atoms with E-state index in [2.05, 4.69) is 34.1 Å². The van der Waals surface area contributed by atoms with Crippen LogP contribution in [0.25, 0.3) is 11.2 Å². The predicted molar refractivity (Wildman–Crippen MR) is 70.3 cm³/mol. The van der Waals surface area contributed by atoms with Gasteiger partial charge in [-0.2, -0.15) is 0 Å². The van der Waals surface area contributed by atoms with Crippen LogP contribution < -0.4 is 5.32 Å². The number of fused-ring (bicyclic) bond motifs is 1. The fourth-order valence-electron chi connectivity index (χ4n) is 1.39. The van der Waals surface area contributed by atoms with Crippen LogP contribution in [-0.2, 0) is 0 Å². The molecule has 0 fully saturated rings. The number of nitrogens with one attached hydrogen (secondary N) is 1. The molecule has 0 aromatic carbocycles. The first-order chi connectivity index (χ1) is 8.16. The third-order valence-electron chi connectivity index (χ3n) is 2.53. The maximum atomic E-state index is 6.17. The quantitative estimate of drug-likeness (QED) is 0.848. The van der Waals surface area contributed by atoms with E-state index >= 15 is 0 Å². The van der Waals surface area contributed by atoms with Crippen LogP contribution in [-0.4, -0.2) is 26.9 Å². The number of halogens is 1. The minimum Gasteiger partial charge on any atom is -0.369 e. The molecule has 0 saturated carbocycles. The number of rotatable bonds is 4. The van der Waals surface area contributed by atoms with E-state index in [4.69, 9.17) is 11.6 Å². The highest BCUT2D eigenvalue weighted by atomic mass is 35.5. The van der Waals surface area contributed by atoms with Crippen molar-refractivity contribution in [1.29, 1.82) is 0 Å². The fraction of sp³-hybridized carbons (Fsp3) is 0.417. The van der Waals surface area contributed by atoms with Crippen molar-refractivity contribution in [1.82, 2.24) is 15.0 Å². The zero-order valence-electron chi connectivity index (χ0n) is 9.89. The zero-order valence-corrected chi connectivity index (χ0v) is 10.6. The second-order valence-corrected chi connectivity index (χ2v) is 4.80. The van der Waals surface area contributed by atoms with Crippen molar-refractivity contribution in [3.8, 4) is 0 Å². The van der Waals surface area contributed by atoms with Crippen molar-refractivity contribution in [2.45, 2.75) is 19.2 Å². The molecule has 1 atom stereocenters. The summed E-state index contributed by atoms with van der Waals surface area (Å²) in [5.41, 5.74) is 1.44. The molecule has 90 valence electrons. The number of hydrogen-bond acceptors (Lipinski definition) is 4. The highest BCUT2D eigenvalue weighted by molar-refractivity contribution is 6.21. The van der Waals surface area contributed by atoms with Gasteiger partial charge in [-0.15, -0.1) is 11.6 Å². The lowest BCUT2D eigenvalue weighted by atomic mass is 10.1. The molecule has 0 aliphatic carbocycles. The molecule has 1 N–H and O–H groups in total. The van der Waals surface area contributed by atoms with Gasteiger partial charge in [-0.1, -0.05) is 13.8 Å². The summed E-state index contributed by atoms with van der Waals surface area (Å²) in [6.07, 6.45) is 3.29. The maximum Gasteiger partial charge on any atom is 0.180 e. The minimum atomic E-state index is 0.0920. The molecule has 0 bridgehead atoms. The molecule has 0 radical (unpaired) electrons. The molecule has 0 amide bonds. The standard InChI is InChI=1S/C12H15ClN4/c1-8(2)9(13)7-16-11-4-3-10-12(17-11)15-6-5-14-10/h3-6,8-9H,7H2,1-2H3,(H,15,16,17). The first-order valence-corrected chi connectivity index (χ1v) is 6.06. The summed E-state index contributed by atoms with van der Waals surface area (Å²) in [7, 11) is 0. The van der Waals surface area contributed by atoms with Gasteiger partial charge in [0, 0.05) is 18.9 Å². The number of alkyl halides is 1. The Kier molecular flexibility index (Phi) is 3.74. The van der Waals surface area contributed by atoms with Gasteiger partial charge in [-0.25, -0.2) is 9.97 Å². The summed E-state index contributed by atoms with van der Waals surface area (Å²) in [5.74, 6) is 1.22. The van der Waals surface area contributed by atoms with Crippen LogP contribution in [0.2, 0.25) is 0 Å². The average Bonchev–Trinajstić information content (AvgIpc) is 2.35.